The highest BCUT2D eigenvalue weighted by Gasteiger charge is 2.29. The summed E-state index contributed by atoms with van der Waals surface area (Å²) in [4.78, 5) is 11.0. The van der Waals surface area contributed by atoms with Gasteiger partial charge in [0.2, 0.25) is 5.88 Å². The van der Waals surface area contributed by atoms with Crippen molar-refractivity contribution in [3.05, 3.63) is 53.9 Å². The first-order valence-corrected chi connectivity index (χ1v) is 6.38. The molecule has 3 aromatic rings. The number of halogens is 3. The molecule has 0 saturated carbocycles. The van der Waals surface area contributed by atoms with Gasteiger partial charge in [-0.25, -0.2) is 4.98 Å². The molecule has 3 rings (SSSR count). The molecular formula is C15H14F3N3O. The van der Waals surface area contributed by atoms with Gasteiger partial charge in [0.15, 0.2) is 5.65 Å². The number of methoxy groups -OCH3 is 1. The van der Waals surface area contributed by atoms with E-state index >= 15 is 0 Å². The third-order valence-electron chi connectivity index (χ3n) is 2.81. The smallest absolute Gasteiger partial charge is 0.416 e. The van der Waals surface area contributed by atoms with Crippen LogP contribution in [0.15, 0.2) is 42.7 Å². The molecule has 0 unspecified atom stereocenters. The highest BCUT2D eigenvalue weighted by molar-refractivity contribution is 5.70. The number of alkyl halides is 3. The predicted molar refractivity (Wildman–Crippen MR) is 76.6 cm³/mol. The molecule has 0 radical (unpaired) electrons. The third kappa shape index (κ3) is 3.97. The second-order valence-corrected chi connectivity index (χ2v) is 4.49. The highest BCUT2D eigenvalue weighted by Crippen LogP contribution is 2.29. The van der Waals surface area contributed by atoms with Crippen LogP contribution < -0.4 is 4.74 Å². The van der Waals surface area contributed by atoms with Gasteiger partial charge < -0.3 is 9.72 Å². The molecular weight excluding hydrogens is 295 g/mol. The number of rotatable bonds is 1. The van der Waals surface area contributed by atoms with Crippen LogP contribution >= 0.6 is 0 Å². The minimum Gasteiger partial charge on any atom is -0.481 e. The number of H-pyrrole nitrogens is 1. The third-order valence-corrected chi connectivity index (χ3v) is 2.81. The van der Waals surface area contributed by atoms with E-state index in [1.807, 2.05) is 6.07 Å². The topological polar surface area (TPSA) is 50.8 Å². The van der Waals surface area contributed by atoms with Gasteiger partial charge in [-0.15, -0.1) is 0 Å². The first kappa shape index (κ1) is 15.8. The first-order valence-electron chi connectivity index (χ1n) is 6.38. The molecule has 0 aliphatic carbocycles. The SMILES string of the molecule is COc1ccc2[nH]cnc2n1.Cc1cccc(C(F)(F)F)c1. The summed E-state index contributed by atoms with van der Waals surface area (Å²) in [7, 11) is 1.58. The van der Waals surface area contributed by atoms with Crippen molar-refractivity contribution in [2.45, 2.75) is 13.1 Å². The van der Waals surface area contributed by atoms with Crippen molar-refractivity contribution in [2.24, 2.45) is 0 Å². The predicted octanol–water partition coefficient (Wildman–Crippen LogP) is 3.98. The van der Waals surface area contributed by atoms with Gasteiger partial charge in [-0.2, -0.15) is 18.2 Å². The van der Waals surface area contributed by atoms with Crippen molar-refractivity contribution >= 4 is 11.2 Å². The molecule has 4 nitrogen and oxygen atoms in total. The number of hydrogen-bond acceptors (Lipinski definition) is 3. The molecule has 0 saturated heterocycles. The summed E-state index contributed by atoms with van der Waals surface area (Å²) in [6.45, 7) is 1.63. The first-order chi connectivity index (χ1) is 10.4. The molecule has 0 atom stereocenters. The molecule has 0 bridgehead atoms. The number of benzene rings is 1. The van der Waals surface area contributed by atoms with Crippen molar-refractivity contribution in [3.8, 4) is 5.88 Å². The summed E-state index contributed by atoms with van der Waals surface area (Å²) in [5.41, 5.74) is 1.65. The average molecular weight is 309 g/mol. The number of aryl methyl sites for hydroxylation is 1. The number of aromatic amines is 1. The van der Waals surface area contributed by atoms with E-state index in [2.05, 4.69) is 15.0 Å². The van der Waals surface area contributed by atoms with Crippen molar-refractivity contribution in [1.29, 1.82) is 0 Å². The lowest BCUT2D eigenvalue weighted by Crippen LogP contribution is -2.04. The Hall–Kier alpha value is -2.57. The zero-order valence-corrected chi connectivity index (χ0v) is 12.0. The number of nitrogens with one attached hydrogen (secondary N) is 1. The van der Waals surface area contributed by atoms with E-state index < -0.39 is 11.7 Å². The molecule has 22 heavy (non-hydrogen) atoms. The Morgan fingerprint density at radius 2 is 1.91 bits per heavy atom. The minimum atomic E-state index is -4.22. The molecule has 0 fully saturated rings. The van der Waals surface area contributed by atoms with Gasteiger partial charge in [-0.1, -0.05) is 23.8 Å². The number of pyridine rings is 1. The Kier molecular flexibility index (Phi) is 4.65. The fraction of sp³-hybridized carbons (Fsp3) is 0.200. The summed E-state index contributed by atoms with van der Waals surface area (Å²) < 4.78 is 40.8. The maximum atomic E-state index is 12.0. The van der Waals surface area contributed by atoms with E-state index in [9.17, 15) is 13.2 Å². The van der Waals surface area contributed by atoms with Gasteiger partial charge in [-0.05, 0) is 19.1 Å². The van der Waals surface area contributed by atoms with Crippen LogP contribution in [0, 0.1) is 6.92 Å². The Balaban J connectivity index is 0.000000160. The van der Waals surface area contributed by atoms with Crippen molar-refractivity contribution < 1.29 is 17.9 Å². The highest BCUT2D eigenvalue weighted by atomic mass is 19.4. The maximum Gasteiger partial charge on any atom is 0.416 e. The van der Waals surface area contributed by atoms with E-state index in [-0.39, 0.29) is 0 Å². The van der Waals surface area contributed by atoms with E-state index in [1.165, 1.54) is 6.07 Å². The lowest BCUT2D eigenvalue weighted by atomic mass is 10.1. The maximum absolute atomic E-state index is 12.0. The molecule has 1 aromatic carbocycles. The molecule has 0 amide bonds. The number of ether oxygens (including phenoxy) is 1. The van der Waals surface area contributed by atoms with Crippen LogP contribution in [0.4, 0.5) is 13.2 Å². The Bertz CT molecular complexity index is 753. The van der Waals surface area contributed by atoms with Gasteiger partial charge in [0.25, 0.3) is 0 Å². The van der Waals surface area contributed by atoms with Gasteiger partial charge in [-0.3, -0.25) is 0 Å². The summed E-state index contributed by atoms with van der Waals surface area (Å²) in [6.07, 6.45) is -2.61. The molecule has 2 heterocycles. The Labute approximate surface area is 125 Å². The van der Waals surface area contributed by atoms with Crippen LogP contribution in [0.2, 0.25) is 0 Å². The second kappa shape index (κ2) is 6.46. The van der Waals surface area contributed by atoms with Crippen molar-refractivity contribution in [3.63, 3.8) is 0 Å². The van der Waals surface area contributed by atoms with E-state index in [0.717, 1.165) is 17.6 Å². The van der Waals surface area contributed by atoms with Crippen LogP contribution in [-0.2, 0) is 6.18 Å². The minimum absolute atomic E-state index is 0.586. The number of fused-ring (bicyclic) bond motifs is 1. The van der Waals surface area contributed by atoms with Crippen LogP contribution in [0.3, 0.4) is 0 Å². The van der Waals surface area contributed by atoms with Crippen LogP contribution in [0.1, 0.15) is 11.1 Å². The zero-order chi connectivity index (χ0) is 16.2. The normalized spacial score (nSPS) is 11.0. The largest absolute Gasteiger partial charge is 0.481 e. The lowest BCUT2D eigenvalue weighted by Gasteiger charge is -2.05. The quantitative estimate of drug-likeness (QED) is 0.739. The summed E-state index contributed by atoms with van der Waals surface area (Å²) in [5.74, 6) is 0.588. The van der Waals surface area contributed by atoms with Gasteiger partial charge >= 0.3 is 6.18 Å². The fourth-order valence-corrected chi connectivity index (χ4v) is 1.74. The lowest BCUT2D eigenvalue weighted by molar-refractivity contribution is -0.137. The Morgan fingerprint density at radius 3 is 2.50 bits per heavy atom. The number of imidazole rings is 1. The molecule has 7 heteroatoms. The molecule has 0 spiro atoms. The zero-order valence-electron chi connectivity index (χ0n) is 12.0. The number of aromatic nitrogens is 3. The van der Waals surface area contributed by atoms with Crippen LogP contribution in [0.25, 0.3) is 11.2 Å². The molecule has 2 aromatic heterocycles. The molecule has 0 aliphatic rings. The van der Waals surface area contributed by atoms with Crippen molar-refractivity contribution in [2.75, 3.05) is 7.11 Å². The average Bonchev–Trinajstić information content (AvgIpc) is 2.94. The monoisotopic (exact) mass is 309 g/mol. The van der Waals surface area contributed by atoms with Gasteiger partial charge in [0.05, 0.1) is 24.5 Å². The van der Waals surface area contributed by atoms with Crippen LogP contribution in [-0.4, -0.2) is 22.1 Å². The van der Waals surface area contributed by atoms with Gasteiger partial charge in [0.1, 0.15) is 0 Å². The molecule has 0 aliphatic heterocycles. The van der Waals surface area contributed by atoms with Crippen molar-refractivity contribution in [1.82, 2.24) is 15.0 Å². The van der Waals surface area contributed by atoms with E-state index in [1.54, 1.807) is 32.5 Å². The number of nitrogens with zero attached hydrogens (tertiary/aromatic N) is 2. The fourth-order valence-electron chi connectivity index (χ4n) is 1.74. The second-order valence-electron chi connectivity index (χ2n) is 4.49. The summed E-state index contributed by atoms with van der Waals surface area (Å²) >= 11 is 0. The standard InChI is InChI=1S/C8H7F3.C7H7N3O/c1-6-3-2-4-7(5-6)8(9,10)11;1-11-6-3-2-5-7(10-6)9-4-8-5/h2-5H,1H3;2-4H,1H3,(H,8,9,10). The van der Waals surface area contributed by atoms with Crippen LogP contribution in [0.5, 0.6) is 5.88 Å². The Morgan fingerprint density at radius 1 is 1.14 bits per heavy atom. The van der Waals surface area contributed by atoms with Gasteiger partial charge in [0, 0.05) is 6.07 Å². The summed E-state index contributed by atoms with van der Waals surface area (Å²) in [5, 5.41) is 0. The molecule has 1 N–H and O–H groups in total. The van der Waals surface area contributed by atoms with E-state index in [4.69, 9.17) is 4.74 Å². The van der Waals surface area contributed by atoms with E-state index in [0.29, 0.717) is 17.1 Å². The number of hydrogen-bond donors (Lipinski definition) is 1. The summed E-state index contributed by atoms with van der Waals surface area (Å²) in [6, 6.07) is 8.90. The molecule has 116 valence electrons.